The molecule has 0 spiro atoms. The molecule has 2 rings (SSSR count). The monoisotopic (exact) mass is 448 g/mol. The summed E-state index contributed by atoms with van der Waals surface area (Å²) in [5.74, 6) is -0.797. The lowest BCUT2D eigenvalue weighted by molar-refractivity contribution is -0.274. The topological polar surface area (TPSA) is 60.0 Å². The number of likely N-dealkylation sites (N-methyl/N-ethyl adjacent to an activating group) is 1. The van der Waals surface area contributed by atoms with Gasteiger partial charge in [-0.3, -0.25) is 9.69 Å². The zero-order valence-electron chi connectivity index (χ0n) is 16.7. The van der Waals surface area contributed by atoms with Crippen LogP contribution in [0.2, 0.25) is 0 Å². The van der Waals surface area contributed by atoms with Gasteiger partial charge in [0.2, 0.25) is 5.91 Å². The first-order valence-corrected chi connectivity index (χ1v) is 8.98. The number of halogens is 5. The Morgan fingerprint density at radius 1 is 1.10 bits per heavy atom. The van der Waals surface area contributed by atoms with Crippen molar-refractivity contribution in [1.82, 2.24) is 10.2 Å². The highest BCUT2D eigenvalue weighted by molar-refractivity contribution is 5.78. The molecule has 0 fully saturated rings. The van der Waals surface area contributed by atoms with E-state index in [1.54, 1.807) is 18.0 Å². The summed E-state index contributed by atoms with van der Waals surface area (Å²) < 4.78 is 75.5. The number of methoxy groups -OCH3 is 1. The van der Waals surface area contributed by atoms with Crippen LogP contribution in [-0.4, -0.2) is 44.5 Å². The first-order valence-electron chi connectivity index (χ1n) is 8.98. The van der Waals surface area contributed by atoms with E-state index in [0.29, 0.717) is 5.56 Å². The summed E-state index contributed by atoms with van der Waals surface area (Å²) >= 11 is 0. The number of nitrogens with zero attached hydrogens (tertiary/aromatic N) is 1. The van der Waals surface area contributed by atoms with Gasteiger partial charge >= 0.3 is 13.0 Å². The molecule has 0 aliphatic carbocycles. The summed E-state index contributed by atoms with van der Waals surface area (Å²) in [5.41, 5.74) is 0.855. The van der Waals surface area contributed by atoms with Gasteiger partial charge in [-0.2, -0.15) is 8.78 Å². The standard InChI is InChI=1S/C20H21F5N2O4/c1-27(11-13-7-8-16(30-19(21)22)17(9-13)29-2)12-18(28)26-10-14-5-3-4-6-15(14)31-20(23,24)25/h3-9,19H,10-12H2,1-2H3,(H,26,28). The fourth-order valence-electron chi connectivity index (χ4n) is 2.74. The van der Waals surface area contributed by atoms with Gasteiger partial charge in [0.25, 0.3) is 0 Å². The number of rotatable bonds is 10. The smallest absolute Gasteiger partial charge is 0.493 e. The third-order valence-electron chi connectivity index (χ3n) is 3.98. The van der Waals surface area contributed by atoms with Crippen LogP contribution >= 0.6 is 0 Å². The van der Waals surface area contributed by atoms with E-state index in [2.05, 4.69) is 14.8 Å². The summed E-state index contributed by atoms with van der Waals surface area (Å²) in [5, 5.41) is 2.54. The lowest BCUT2D eigenvalue weighted by Crippen LogP contribution is -2.34. The minimum atomic E-state index is -4.84. The van der Waals surface area contributed by atoms with Gasteiger partial charge in [0.1, 0.15) is 5.75 Å². The van der Waals surface area contributed by atoms with E-state index in [-0.39, 0.29) is 42.4 Å². The molecule has 11 heteroatoms. The molecular weight excluding hydrogens is 427 g/mol. The van der Waals surface area contributed by atoms with Crippen molar-refractivity contribution < 1.29 is 41.0 Å². The predicted octanol–water partition coefficient (Wildman–Crippen LogP) is 3.94. The molecule has 0 bridgehead atoms. The van der Waals surface area contributed by atoms with Gasteiger partial charge in [0.05, 0.1) is 13.7 Å². The number of hydrogen-bond acceptors (Lipinski definition) is 5. The Morgan fingerprint density at radius 3 is 2.45 bits per heavy atom. The third kappa shape index (κ3) is 8.28. The molecule has 0 saturated carbocycles. The zero-order chi connectivity index (χ0) is 23.0. The highest BCUT2D eigenvalue weighted by atomic mass is 19.4. The second-order valence-corrected chi connectivity index (χ2v) is 6.47. The number of hydrogen-bond donors (Lipinski definition) is 1. The Hall–Kier alpha value is -3.08. The average molecular weight is 448 g/mol. The van der Waals surface area contributed by atoms with E-state index in [9.17, 15) is 26.7 Å². The van der Waals surface area contributed by atoms with Crippen molar-refractivity contribution in [3.8, 4) is 17.2 Å². The molecule has 2 aromatic rings. The van der Waals surface area contributed by atoms with Crippen molar-refractivity contribution in [3.05, 3.63) is 53.6 Å². The van der Waals surface area contributed by atoms with Crippen LogP contribution in [0.4, 0.5) is 22.0 Å². The normalized spacial score (nSPS) is 11.5. The Balaban J connectivity index is 1.91. The molecule has 170 valence electrons. The molecule has 1 N–H and O–H groups in total. The van der Waals surface area contributed by atoms with Crippen LogP contribution in [0.25, 0.3) is 0 Å². The van der Waals surface area contributed by atoms with Crippen LogP contribution in [0.1, 0.15) is 11.1 Å². The lowest BCUT2D eigenvalue weighted by atomic mass is 10.2. The average Bonchev–Trinajstić information content (AvgIpc) is 2.66. The van der Waals surface area contributed by atoms with Gasteiger partial charge in [0, 0.05) is 18.7 Å². The second-order valence-electron chi connectivity index (χ2n) is 6.47. The molecule has 0 atom stereocenters. The van der Waals surface area contributed by atoms with E-state index in [0.717, 1.165) is 6.07 Å². The molecule has 0 unspecified atom stereocenters. The Bertz CT molecular complexity index is 877. The van der Waals surface area contributed by atoms with Gasteiger partial charge < -0.3 is 19.5 Å². The number of nitrogens with one attached hydrogen (secondary N) is 1. The van der Waals surface area contributed by atoms with Crippen molar-refractivity contribution in [3.63, 3.8) is 0 Å². The minimum absolute atomic E-state index is 0.0557. The van der Waals surface area contributed by atoms with Crippen LogP contribution in [-0.2, 0) is 17.9 Å². The van der Waals surface area contributed by atoms with E-state index < -0.39 is 18.9 Å². The van der Waals surface area contributed by atoms with Gasteiger partial charge in [-0.25, -0.2) is 0 Å². The molecule has 0 aromatic heterocycles. The van der Waals surface area contributed by atoms with E-state index >= 15 is 0 Å². The van der Waals surface area contributed by atoms with Crippen molar-refractivity contribution in [1.29, 1.82) is 0 Å². The zero-order valence-corrected chi connectivity index (χ0v) is 16.7. The number of benzene rings is 2. The van der Waals surface area contributed by atoms with Gasteiger partial charge in [0.15, 0.2) is 11.5 Å². The van der Waals surface area contributed by atoms with Crippen molar-refractivity contribution >= 4 is 5.91 Å². The SMILES string of the molecule is COc1cc(CN(C)CC(=O)NCc2ccccc2OC(F)(F)F)ccc1OC(F)F. The van der Waals surface area contributed by atoms with Crippen molar-refractivity contribution in [2.24, 2.45) is 0 Å². The molecule has 0 aliphatic heterocycles. The molecule has 0 heterocycles. The van der Waals surface area contributed by atoms with Crippen LogP contribution in [0.15, 0.2) is 42.5 Å². The van der Waals surface area contributed by atoms with Crippen LogP contribution in [0, 0.1) is 0 Å². The molecule has 0 aliphatic rings. The number of amides is 1. The second kappa shape index (κ2) is 10.8. The van der Waals surface area contributed by atoms with Crippen LogP contribution < -0.4 is 19.5 Å². The summed E-state index contributed by atoms with van der Waals surface area (Å²) in [4.78, 5) is 13.8. The quantitative estimate of drug-likeness (QED) is 0.558. The Labute approximate surface area is 175 Å². The fraction of sp³-hybridized carbons (Fsp3) is 0.350. The highest BCUT2D eigenvalue weighted by Gasteiger charge is 2.32. The molecule has 2 aromatic carbocycles. The van der Waals surface area contributed by atoms with Crippen molar-refractivity contribution in [2.45, 2.75) is 26.1 Å². The largest absolute Gasteiger partial charge is 0.573 e. The predicted molar refractivity (Wildman–Crippen MR) is 101 cm³/mol. The molecule has 31 heavy (non-hydrogen) atoms. The number of carbonyl (C=O) groups is 1. The number of alkyl halides is 5. The summed E-state index contributed by atoms with van der Waals surface area (Å²) in [6, 6.07) is 9.91. The Morgan fingerprint density at radius 2 is 1.81 bits per heavy atom. The molecule has 0 saturated heterocycles. The van der Waals surface area contributed by atoms with Gasteiger partial charge in [-0.15, -0.1) is 13.2 Å². The molecule has 0 radical (unpaired) electrons. The van der Waals surface area contributed by atoms with E-state index in [1.165, 1.54) is 37.4 Å². The maximum absolute atomic E-state index is 12.5. The Kier molecular flexibility index (Phi) is 8.43. The van der Waals surface area contributed by atoms with E-state index in [1.807, 2.05) is 0 Å². The highest BCUT2D eigenvalue weighted by Crippen LogP contribution is 2.30. The summed E-state index contributed by atoms with van der Waals surface area (Å²) in [7, 11) is 2.96. The fourth-order valence-corrected chi connectivity index (χ4v) is 2.74. The van der Waals surface area contributed by atoms with Crippen LogP contribution in [0.3, 0.4) is 0 Å². The van der Waals surface area contributed by atoms with Crippen molar-refractivity contribution in [2.75, 3.05) is 20.7 Å². The maximum Gasteiger partial charge on any atom is 0.573 e. The first-order chi connectivity index (χ1) is 14.6. The molecule has 1 amide bonds. The van der Waals surface area contributed by atoms with Gasteiger partial charge in [-0.05, 0) is 30.8 Å². The summed E-state index contributed by atoms with van der Waals surface area (Å²) in [6.45, 7) is -2.91. The third-order valence-corrected chi connectivity index (χ3v) is 3.98. The van der Waals surface area contributed by atoms with Gasteiger partial charge in [-0.1, -0.05) is 24.3 Å². The number of ether oxygens (including phenoxy) is 3. The van der Waals surface area contributed by atoms with Crippen LogP contribution in [0.5, 0.6) is 17.2 Å². The molecular formula is C20H21F5N2O4. The van der Waals surface area contributed by atoms with E-state index in [4.69, 9.17) is 4.74 Å². The maximum atomic E-state index is 12.5. The first kappa shape index (κ1) is 24.2. The minimum Gasteiger partial charge on any atom is -0.493 e. The number of carbonyl (C=O) groups excluding carboxylic acids is 1. The lowest BCUT2D eigenvalue weighted by Gasteiger charge is -2.18. The molecule has 6 nitrogen and oxygen atoms in total. The number of para-hydroxylation sites is 1. The summed E-state index contributed by atoms with van der Waals surface area (Å²) in [6.07, 6.45) is -4.84.